The quantitative estimate of drug-likeness (QED) is 0.707. The fraction of sp³-hybridized carbons (Fsp3) is 0.545. The van der Waals surface area contributed by atoms with Crippen LogP contribution >= 0.6 is 0 Å². The average molecular weight is 177 g/mol. The van der Waals surface area contributed by atoms with Gasteiger partial charge in [-0.1, -0.05) is 6.92 Å². The smallest absolute Gasteiger partial charge is 0.141 e. The van der Waals surface area contributed by atoms with Crippen molar-refractivity contribution in [2.24, 2.45) is 0 Å². The summed E-state index contributed by atoms with van der Waals surface area (Å²) >= 11 is 0. The zero-order valence-corrected chi connectivity index (χ0v) is 8.21. The molecule has 0 bridgehead atoms. The molecule has 0 spiro atoms. The molecule has 0 radical (unpaired) electrons. The lowest BCUT2D eigenvalue weighted by molar-refractivity contribution is 0.298. The molecule has 13 heavy (non-hydrogen) atoms. The summed E-state index contributed by atoms with van der Waals surface area (Å²) in [4.78, 5) is 4.35. The van der Waals surface area contributed by atoms with Gasteiger partial charge in [0.2, 0.25) is 0 Å². The molecule has 1 aliphatic rings. The molecular weight excluding hydrogens is 162 g/mol. The summed E-state index contributed by atoms with van der Waals surface area (Å²) < 4.78 is 5.77. The maximum Gasteiger partial charge on any atom is 0.141 e. The maximum atomic E-state index is 5.77. The molecule has 0 saturated heterocycles. The van der Waals surface area contributed by atoms with Gasteiger partial charge in [0.05, 0.1) is 11.8 Å². The Labute approximate surface area is 78.9 Å². The second kappa shape index (κ2) is 3.36. The van der Waals surface area contributed by atoms with Gasteiger partial charge in [-0.3, -0.25) is 4.98 Å². The predicted molar refractivity (Wildman–Crippen MR) is 52.0 cm³/mol. The van der Waals surface area contributed by atoms with E-state index >= 15 is 0 Å². The molecule has 0 aliphatic heterocycles. The van der Waals surface area contributed by atoms with Gasteiger partial charge in [-0.25, -0.2) is 0 Å². The van der Waals surface area contributed by atoms with Gasteiger partial charge in [0.25, 0.3) is 0 Å². The third-order valence-electron chi connectivity index (χ3n) is 2.22. The van der Waals surface area contributed by atoms with Crippen LogP contribution in [0.3, 0.4) is 0 Å². The van der Waals surface area contributed by atoms with E-state index in [9.17, 15) is 0 Å². The lowest BCUT2D eigenvalue weighted by Gasteiger charge is -2.08. The van der Waals surface area contributed by atoms with Crippen molar-refractivity contribution in [1.82, 2.24) is 4.98 Å². The van der Waals surface area contributed by atoms with Crippen LogP contribution in [0.15, 0.2) is 12.3 Å². The molecule has 2 nitrogen and oxygen atoms in total. The number of hydrogen-bond acceptors (Lipinski definition) is 2. The predicted octanol–water partition coefficient (Wildman–Crippen LogP) is 2.49. The van der Waals surface area contributed by atoms with Crippen molar-refractivity contribution in [2.75, 3.05) is 0 Å². The molecule has 0 amide bonds. The highest BCUT2D eigenvalue weighted by Crippen LogP contribution is 2.28. The number of ether oxygens (including phenoxy) is 1. The van der Waals surface area contributed by atoms with E-state index in [2.05, 4.69) is 18.0 Å². The van der Waals surface area contributed by atoms with Crippen LogP contribution in [0.5, 0.6) is 5.75 Å². The summed E-state index contributed by atoms with van der Waals surface area (Å²) in [5.41, 5.74) is 2.25. The molecule has 1 heterocycles. The van der Waals surface area contributed by atoms with E-state index in [4.69, 9.17) is 4.74 Å². The van der Waals surface area contributed by atoms with E-state index in [1.165, 1.54) is 18.4 Å². The largest absolute Gasteiger partial charge is 0.489 e. The molecule has 1 aromatic rings. The Bertz CT molecular complexity index is 305. The zero-order chi connectivity index (χ0) is 9.26. The fourth-order valence-electron chi connectivity index (χ4n) is 1.30. The number of hydrogen-bond donors (Lipinski definition) is 0. The lowest BCUT2D eigenvalue weighted by atomic mass is 10.2. The molecule has 0 atom stereocenters. The molecule has 1 aliphatic carbocycles. The first kappa shape index (κ1) is 8.54. The SMILES string of the molecule is CCc1ncc(C)cc1OC1CC1. The first-order chi connectivity index (χ1) is 6.29. The van der Waals surface area contributed by atoms with Crippen molar-refractivity contribution < 1.29 is 4.74 Å². The maximum absolute atomic E-state index is 5.77. The molecule has 0 aromatic carbocycles. The molecule has 2 heteroatoms. The minimum atomic E-state index is 0.467. The van der Waals surface area contributed by atoms with E-state index in [1.807, 2.05) is 13.1 Å². The molecular formula is C11H15NO. The summed E-state index contributed by atoms with van der Waals surface area (Å²) in [6.07, 6.45) is 5.73. The van der Waals surface area contributed by atoms with Gasteiger partial charge in [0.1, 0.15) is 5.75 Å². The number of aromatic nitrogens is 1. The van der Waals surface area contributed by atoms with Crippen LogP contribution in [-0.2, 0) is 6.42 Å². The fourth-order valence-corrected chi connectivity index (χ4v) is 1.30. The third kappa shape index (κ3) is 2.00. The van der Waals surface area contributed by atoms with Gasteiger partial charge in [0, 0.05) is 6.20 Å². The Balaban J connectivity index is 2.22. The lowest BCUT2D eigenvalue weighted by Crippen LogP contribution is -2.01. The summed E-state index contributed by atoms with van der Waals surface area (Å²) in [6.45, 7) is 4.16. The van der Waals surface area contributed by atoms with Crippen LogP contribution in [0.25, 0.3) is 0 Å². The van der Waals surface area contributed by atoms with Crippen molar-refractivity contribution in [3.8, 4) is 5.75 Å². The van der Waals surface area contributed by atoms with Crippen LogP contribution in [0.1, 0.15) is 31.0 Å². The second-order valence-corrected chi connectivity index (χ2v) is 3.63. The highest BCUT2D eigenvalue weighted by Gasteiger charge is 2.24. The van der Waals surface area contributed by atoms with Gasteiger partial charge in [-0.2, -0.15) is 0 Å². The van der Waals surface area contributed by atoms with Crippen molar-refractivity contribution in [3.05, 3.63) is 23.5 Å². The average Bonchev–Trinajstić information content (AvgIpc) is 2.89. The summed E-state index contributed by atoms with van der Waals surface area (Å²) in [6, 6.07) is 2.09. The minimum Gasteiger partial charge on any atom is -0.489 e. The zero-order valence-electron chi connectivity index (χ0n) is 8.21. The number of aryl methyl sites for hydroxylation is 2. The van der Waals surface area contributed by atoms with Gasteiger partial charge in [0.15, 0.2) is 0 Å². The molecule has 0 unspecified atom stereocenters. The van der Waals surface area contributed by atoms with E-state index < -0.39 is 0 Å². The Morgan fingerprint density at radius 3 is 2.92 bits per heavy atom. The first-order valence-corrected chi connectivity index (χ1v) is 4.91. The third-order valence-corrected chi connectivity index (χ3v) is 2.22. The molecule has 1 aromatic heterocycles. The topological polar surface area (TPSA) is 22.1 Å². The summed E-state index contributed by atoms with van der Waals surface area (Å²) in [5.74, 6) is 0.991. The first-order valence-electron chi connectivity index (χ1n) is 4.91. The van der Waals surface area contributed by atoms with E-state index in [0.29, 0.717) is 6.10 Å². The van der Waals surface area contributed by atoms with Crippen molar-refractivity contribution in [2.45, 2.75) is 39.2 Å². The van der Waals surface area contributed by atoms with E-state index in [1.54, 1.807) is 0 Å². The summed E-state index contributed by atoms with van der Waals surface area (Å²) in [7, 11) is 0. The monoisotopic (exact) mass is 177 g/mol. The number of nitrogens with zero attached hydrogens (tertiary/aromatic N) is 1. The van der Waals surface area contributed by atoms with Gasteiger partial charge in [-0.05, 0) is 37.8 Å². The van der Waals surface area contributed by atoms with Crippen LogP contribution < -0.4 is 4.74 Å². The van der Waals surface area contributed by atoms with E-state index in [0.717, 1.165) is 17.9 Å². The van der Waals surface area contributed by atoms with Gasteiger partial charge >= 0.3 is 0 Å². The molecule has 1 fully saturated rings. The molecule has 1 saturated carbocycles. The Hall–Kier alpha value is -1.05. The van der Waals surface area contributed by atoms with Gasteiger partial charge < -0.3 is 4.74 Å². The highest BCUT2D eigenvalue weighted by molar-refractivity contribution is 5.31. The van der Waals surface area contributed by atoms with Gasteiger partial charge in [-0.15, -0.1) is 0 Å². The van der Waals surface area contributed by atoms with Crippen molar-refractivity contribution >= 4 is 0 Å². The molecule has 0 N–H and O–H groups in total. The van der Waals surface area contributed by atoms with Crippen LogP contribution in [0.2, 0.25) is 0 Å². The van der Waals surface area contributed by atoms with Crippen LogP contribution in [0.4, 0.5) is 0 Å². The highest BCUT2D eigenvalue weighted by atomic mass is 16.5. The Morgan fingerprint density at radius 1 is 1.54 bits per heavy atom. The standard InChI is InChI=1S/C11H15NO/c1-3-10-11(13-9-4-5-9)6-8(2)7-12-10/h6-7,9H,3-5H2,1-2H3. The van der Waals surface area contributed by atoms with Crippen LogP contribution in [0, 0.1) is 6.92 Å². The number of rotatable bonds is 3. The van der Waals surface area contributed by atoms with Crippen molar-refractivity contribution in [3.63, 3.8) is 0 Å². The Kier molecular flexibility index (Phi) is 2.21. The second-order valence-electron chi connectivity index (χ2n) is 3.63. The van der Waals surface area contributed by atoms with Crippen molar-refractivity contribution in [1.29, 1.82) is 0 Å². The molecule has 2 rings (SSSR count). The normalized spacial score (nSPS) is 15.8. The minimum absolute atomic E-state index is 0.467. The number of pyridine rings is 1. The molecule has 70 valence electrons. The summed E-state index contributed by atoms with van der Waals surface area (Å²) in [5, 5.41) is 0. The van der Waals surface area contributed by atoms with Crippen LogP contribution in [-0.4, -0.2) is 11.1 Å². The van der Waals surface area contributed by atoms with E-state index in [-0.39, 0.29) is 0 Å². The Morgan fingerprint density at radius 2 is 2.31 bits per heavy atom.